The Balaban J connectivity index is 2.57. The Bertz CT molecular complexity index is 321. The summed E-state index contributed by atoms with van der Waals surface area (Å²) in [6, 6.07) is 5.72. The van der Waals surface area contributed by atoms with E-state index in [1.54, 1.807) is 0 Å². The highest BCUT2D eigenvalue weighted by Crippen LogP contribution is 2.04. The third kappa shape index (κ3) is 3.70. The van der Waals surface area contributed by atoms with E-state index in [1.165, 1.54) is 24.3 Å². The minimum Gasteiger partial charge on any atom is -0.350 e. The largest absolute Gasteiger partial charge is 0.350 e. The summed E-state index contributed by atoms with van der Waals surface area (Å²) in [6.45, 7) is 4.03. The molecule has 0 bridgehead atoms. The van der Waals surface area contributed by atoms with E-state index in [0.717, 1.165) is 12.8 Å². The van der Waals surface area contributed by atoms with Crippen LogP contribution in [-0.4, -0.2) is 11.9 Å². The van der Waals surface area contributed by atoms with Crippen LogP contribution in [0.4, 0.5) is 4.39 Å². The van der Waals surface area contributed by atoms with Crippen molar-refractivity contribution in [2.75, 3.05) is 0 Å². The van der Waals surface area contributed by atoms with Crippen molar-refractivity contribution in [1.82, 2.24) is 5.32 Å². The summed E-state index contributed by atoms with van der Waals surface area (Å²) in [5, 5.41) is 2.86. The summed E-state index contributed by atoms with van der Waals surface area (Å²) in [6.07, 6.45) is 1.98. The topological polar surface area (TPSA) is 29.1 Å². The second-order valence-corrected chi connectivity index (χ2v) is 3.67. The SMILES string of the molecule is CCC[C@@H](C)NC(=O)c1ccc(F)cc1. The Morgan fingerprint density at radius 3 is 2.53 bits per heavy atom. The minimum atomic E-state index is -0.326. The maximum Gasteiger partial charge on any atom is 0.251 e. The smallest absolute Gasteiger partial charge is 0.251 e. The maximum atomic E-state index is 12.6. The number of hydrogen-bond donors (Lipinski definition) is 1. The fourth-order valence-electron chi connectivity index (χ4n) is 1.41. The molecule has 1 amide bonds. The summed E-state index contributed by atoms with van der Waals surface area (Å²) in [5.41, 5.74) is 0.499. The van der Waals surface area contributed by atoms with E-state index in [-0.39, 0.29) is 17.8 Å². The Morgan fingerprint density at radius 1 is 1.40 bits per heavy atom. The molecule has 0 aliphatic carbocycles. The number of nitrogens with one attached hydrogen (secondary N) is 1. The van der Waals surface area contributed by atoms with Crippen LogP contribution < -0.4 is 5.32 Å². The van der Waals surface area contributed by atoms with E-state index >= 15 is 0 Å². The highest BCUT2D eigenvalue weighted by molar-refractivity contribution is 5.94. The molecule has 0 unspecified atom stereocenters. The molecular weight excluding hydrogens is 193 g/mol. The molecule has 3 heteroatoms. The lowest BCUT2D eigenvalue weighted by Gasteiger charge is -2.12. The van der Waals surface area contributed by atoms with Gasteiger partial charge in [0.2, 0.25) is 0 Å². The lowest BCUT2D eigenvalue weighted by atomic mass is 10.1. The van der Waals surface area contributed by atoms with Crippen molar-refractivity contribution in [3.63, 3.8) is 0 Å². The molecule has 82 valence electrons. The van der Waals surface area contributed by atoms with Crippen molar-refractivity contribution in [3.8, 4) is 0 Å². The first-order chi connectivity index (χ1) is 7.13. The second-order valence-electron chi connectivity index (χ2n) is 3.67. The van der Waals surface area contributed by atoms with E-state index in [0.29, 0.717) is 5.56 Å². The van der Waals surface area contributed by atoms with Crippen LogP contribution in [0, 0.1) is 5.82 Å². The summed E-state index contributed by atoms with van der Waals surface area (Å²) >= 11 is 0. The molecule has 15 heavy (non-hydrogen) atoms. The molecule has 0 saturated carbocycles. The Hall–Kier alpha value is -1.38. The van der Waals surface area contributed by atoms with Crippen molar-refractivity contribution in [1.29, 1.82) is 0 Å². The van der Waals surface area contributed by atoms with Gasteiger partial charge in [0.15, 0.2) is 0 Å². The second kappa shape index (κ2) is 5.49. The van der Waals surface area contributed by atoms with Gasteiger partial charge in [0.25, 0.3) is 5.91 Å². The molecular formula is C12H16FNO. The van der Waals surface area contributed by atoms with Crippen LogP contribution in [-0.2, 0) is 0 Å². The van der Waals surface area contributed by atoms with Crippen molar-refractivity contribution < 1.29 is 9.18 Å². The average molecular weight is 209 g/mol. The molecule has 1 atom stereocenters. The van der Waals surface area contributed by atoms with Crippen molar-refractivity contribution in [2.24, 2.45) is 0 Å². The molecule has 0 fully saturated rings. The lowest BCUT2D eigenvalue weighted by molar-refractivity contribution is 0.0938. The number of carbonyl (C=O) groups is 1. The zero-order valence-corrected chi connectivity index (χ0v) is 9.09. The van der Waals surface area contributed by atoms with Gasteiger partial charge in [0.05, 0.1) is 0 Å². The molecule has 0 aliphatic heterocycles. The van der Waals surface area contributed by atoms with Crippen molar-refractivity contribution >= 4 is 5.91 Å². The molecule has 0 heterocycles. The number of rotatable bonds is 4. The van der Waals surface area contributed by atoms with Gasteiger partial charge in [-0.1, -0.05) is 13.3 Å². The van der Waals surface area contributed by atoms with Gasteiger partial charge in [0.1, 0.15) is 5.82 Å². The molecule has 0 saturated heterocycles. The summed E-state index contributed by atoms with van der Waals surface area (Å²) < 4.78 is 12.6. The summed E-state index contributed by atoms with van der Waals surface area (Å²) in [4.78, 5) is 11.6. The van der Waals surface area contributed by atoms with Gasteiger partial charge in [0, 0.05) is 11.6 Å². The molecule has 0 aliphatic rings. The predicted octanol–water partition coefficient (Wildman–Crippen LogP) is 2.74. The molecule has 0 radical (unpaired) electrons. The van der Waals surface area contributed by atoms with Gasteiger partial charge in [-0.2, -0.15) is 0 Å². The van der Waals surface area contributed by atoms with Gasteiger partial charge < -0.3 is 5.32 Å². The first-order valence-electron chi connectivity index (χ1n) is 5.20. The zero-order valence-electron chi connectivity index (χ0n) is 9.09. The normalized spacial score (nSPS) is 12.2. The summed E-state index contributed by atoms with van der Waals surface area (Å²) in [7, 11) is 0. The molecule has 0 spiro atoms. The van der Waals surface area contributed by atoms with Crippen LogP contribution in [0.3, 0.4) is 0 Å². The highest BCUT2D eigenvalue weighted by atomic mass is 19.1. The van der Waals surface area contributed by atoms with Crippen LogP contribution in [0.5, 0.6) is 0 Å². The van der Waals surface area contributed by atoms with E-state index in [9.17, 15) is 9.18 Å². The van der Waals surface area contributed by atoms with Gasteiger partial charge in [-0.05, 0) is 37.6 Å². The van der Waals surface area contributed by atoms with Crippen molar-refractivity contribution in [2.45, 2.75) is 32.7 Å². The number of amides is 1. The summed E-state index contributed by atoms with van der Waals surface area (Å²) in [5.74, 6) is -0.468. The monoisotopic (exact) mass is 209 g/mol. The first-order valence-corrected chi connectivity index (χ1v) is 5.20. The number of benzene rings is 1. The van der Waals surface area contributed by atoms with E-state index in [4.69, 9.17) is 0 Å². The average Bonchev–Trinajstić information content (AvgIpc) is 2.18. The molecule has 1 N–H and O–H groups in total. The maximum absolute atomic E-state index is 12.6. The standard InChI is InChI=1S/C12H16FNO/c1-3-4-9(2)14-12(15)10-5-7-11(13)8-6-10/h5-9H,3-4H2,1-2H3,(H,14,15)/t9-/m1/s1. The van der Waals surface area contributed by atoms with Gasteiger partial charge in [-0.3, -0.25) is 4.79 Å². The third-order valence-electron chi connectivity index (χ3n) is 2.21. The van der Waals surface area contributed by atoms with Crippen LogP contribution in [0.25, 0.3) is 0 Å². The molecule has 1 aromatic rings. The fraction of sp³-hybridized carbons (Fsp3) is 0.417. The van der Waals surface area contributed by atoms with Crippen LogP contribution in [0.2, 0.25) is 0 Å². The molecule has 0 aromatic heterocycles. The molecule has 2 nitrogen and oxygen atoms in total. The molecule has 1 rings (SSSR count). The van der Waals surface area contributed by atoms with Crippen LogP contribution >= 0.6 is 0 Å². The van der Waals surface area contributed by atoms with Gasteiger partial charge >= 0.3 is 0 Å². The first kappa shape index (κ1) is 11.7. The highest BCUT2D eigenvalue weighted by Gasteiger charge is 2.08. The Labute approximate surface area is 89.5 Å². The third-order valence-corrected chi connectivity index (χ3v) is 2.21. The minimum absolute atomic E-state index is 0.143. The number of hydrogen-bond acceptors (Lipinski definition) is 1. The van der Waals surface area contributed by atoms with Gasteiger partial charge in [-0.25, -0.2) is 4.39 Å². The van der Waals surface area contributed by atoms with Crippen LogP contribution in [0.1, 0.15) is 37.0 Å². The van der Waals surface area contributed by atoms with E-state index in [2.05, 4.69) is 12.2 Å². The fourth-order valence-corrected chi connectivity index (χ4v) is 1.41. The lowest BCUT2D eigenvalue weighted by Crippen LogP contribution is -2.32. The number of carbonyl (C=O) groups excluding carboxylic acids is 1. The van der Waals surface area contributed by atoms with E-state index in [1.807, 2.05) is 6.92 Å². The Kier molecular flexibility index (Phi) is 4.28. The predicted molar refractivity (Wildman–Crippen MR) is 58.2 cm³/mol. The quantitative estimate of drug-likeness (QED) is 0.811. The van der Waals surface area contributed by atoms with E-state index < -0.39 is 0 Å². The number of halogens is 1. The van der Waals surface area contributed by atoms with Gasteiger partial charge in [-0.15, -0.1) is 0 Å². The zero-order chi connectivity index (χ0) is 11.3. The van der Waals surface area contributed by atoms with Crippen molar-refractivity contribution in [3.05, 3.63) is 35.6 Å². The Morgan fingerprint density at radius 2 is 2.00 bits per heavy atom. The molecule has 1 aromatic carbocycles. The van der Waals surface area contributed by atoms with Crippen LogP contribution in [0.15, 0.2) is 24.3 Å².